The molecule has 2 heterocycles. The van der Waals surface area contributed by atoms with Gasteiger partial charge in [-0.1, -0.05) is 26.0 Å². The highest BCUT2D eigenvalue weighted by Crippen LogP contribution is 2.21. The molecule has 0 spiro atoms. The molecule has 0 aliphatic carbocycles. The van der Waals surface area contributed by atoms with Gasteiger partial charge in [-0.15, -0.1) is 11.3 Å². The van der Waals surface area contributed by atoms with E-state index in [0.29, 0.717) is 43.6 Å². The third-order valence-electron chi connectivity index (χ3n) is 4.61. The lowest BCUT2D eigenvalue weighted by atomic mass is 10.1. The van der Waals surface area contributed by atoms with Crippen LogP contribution in [-0.4, -0.2) is 49.9 Å². The van der Waals surface area contributed by atoms with Gasteiger partial charge >= 0.3 is 0 Å². The number of hydrogen-bond donors (Lipinski definition) is 1. The molecular formula is C20H27N3O4S2. The van der Waals surface area contributed by atoms with Gasteiger partial charge < -0.3 is 10.1 Å². The van der Waals surface area contributed by atoms with Gasteiger partial charge in [0, 0.05) is 26.1 Å². The molecule has 1 saturated heterocycles. The van der Waals surface area contributed by atoms with Crippen molar-refractivity contribution in [1.82, 2.24) is 14.6 Å². The molecule has 0 unspecified atom stereocenters. The minimum atomic E-state index is -3.51. The number of hydrogen-bond acceptors (Lipinski definition) is 6. The number of rotatable bonds is 7. The summed E-state index contributed by atoms with van der Waals surface area (Å²) in [5.74, 6) is 0.337. The molecule has 2 aromatic rings. The van der Waals surface area contributed by atoms with E-state index in [1.807, 2.05) is 6.92 Å². The van der Waals surface area contributed by atoms with Gasteiger partial charge in [0.05, 0.1) is 28.8 Å². The molecule has 7 nitrogen and oxygen atoms in total. The number of nitrogens with zero attached hydrogens (tertiary/aromatic N) is 2. The van der Waals surface area contributed by atoms with E-state index >= 15 is 0 Å². The highest BCUT2D eigenvalue weighted by Gasteiger charge is 2.26. The predicted octanol–water partition coefficient (Wildman–Crippen LogP) is 2.60. The molecule has 1 fully saturated rings. The van der Waals surface area contributed by atoms with Crippen LogP contribution in [0.3, 0.4) is 0 Å². The molecule has 9 heteroatoms. The Kier molecular flexibility index (Phi) is 7.05. The lowest BCUT2D eigenvalue weighted by Gasteiger charge is -2.26. The Bertz CT molecular complexity index is 947. The highest BCUT2D eigenvalue weighted by atomic mass is 32.2. The number of ether oxygens (including phenoxy) is 1. The summed E-state index contributed by atoms with van der Waals surface area (Å²) in [6.45, 7) is 7.99. The van der Waals surface area contributed by atoms with Crippen LogP contribution in [0.2, 0.25) is 0 Å². The maximum Gasteiger partial charge on any atom is 0.263 e. The SMILES string of the molecule is Cc1nc(CC(C)C)sc1C(=O)NCc1ccc(S(=O)(=O)N2CCOCC2)cc1. The standard InChI is InChI=1S/C20H27N3O4S2/c1-14(2)12-18-22-15(3)19(28-18)20(24)21-13-16-4-6-17(7-5-16)29(25,26)23-8-10-27-11-9-23/h4-7,14H,8-13H2,1-3H3,(H,21,24). The summed E-state index contributed by atoms with van der Waals surface area (Å²) in [7, 11) is -3.51. The second-order valence-corrected chi connectivity index (χ2v) is 10.5. The molecule has 0 atom stereocenters. The summed E-state index contributed by atoms with van der Waals surface area (Å²) in [6.07, 6.45) is 0.859. The topological polar surface area (TPSA) is 88.6 Å². The molecule has 3 rings (SSSR count). The van der Waals surface area contributed by atoms with Crippen LogP contribution < -0.4 is 5.32 Å². The maximum atomic E-state index is 12.7. The number of thiazole rings is 1. The predicted molar refractivity (Wildman–Crippen MR) is 113 cm³/mol. The van der Waals surface area contributed by atoms with Gasteiger partial charge in [-0.25, -0.2) is 13.4 Å². The van der Waals surface area contributed by atoms with Crippen molar-refractivity contribution in [2.75, 3.05) is 26.3 Å². The van der Waals surface area contributed by atoms with Gasteiger partial charge in [0.15, 0.2) is 0 Å². The molecule has 29 heavy (non-hydrogen) atoms. The van der Waals surface area contributed by atoms with E-state index in [9.17, 15) is 13.2 Å². The largest absolute Gasteiger partial charge is 0.379 e. The third-order valence-corrected chi connectivity index (χ3v) is 7.71. The van der Waals surface area contributed by atoms with Crippen molar-refractivity contribution in [1.29, 1.82) is 0 Å². The van der Waals surface area contributed by atoms with E-state index < -0.39 is 10.0 Å². The normalized spacial score (nSPS) is 15.6. The van der Waals surface area contributed by atoms with Crippen molar-refractivity contribution in [2.45, 2.75) is 38.6 Å². The monoisotopic (exact) mass is 437 g/mol. The van der Waals surface area contributed by atoms with E-state index in [1.54, 1.807) is 24.3 Å². The smallest absolute Gasteiger partial charge is 0.263 e. The van der Waals surface area contributed by atoms with Crippen molar-refractivity contribution in [3.63, 3.8) is 0 Å². The highest BCUT2D eigenvalue weighted by molar-refractivity contribution is 7.89. The van der Waals surface area contributed by atoms with Gasteiger partial charge in [-0.2, -0.15) is 4.31 Å². The van der Waals surface area contributed by atoms with Gasteiger partial charge in [0.1, 0.15) is 4.88 Å². The lowest BCUT2D eigenvalue weighted by molar-refractivity contribution is 0.0730. The van der Waals surface area contributed by atoms with Crippen LogP contribution in [0, 0.1) is 12.8 Å². The second kappa shape index (κ2) is 9.34. The summed E-state index contributed by atoms with van der Waals surface area (Å²) in [5.41, 5.74) is 1.58. The fraction of sp³-hybridized carbons (Fsp3) is 0.500. The first-order chi connectivity index (χ1) is 13.8. The third kappa shape index (κ3) is 5.42. The van der Waals surface area contributed by atoms with Crippen molar-refractivity contribution in [3.05, 3.63) is 45.4 Å². The van der Waals surface area contributed by atoms with E-state index in [4.69, 9.17) is 4.74 Å². The average Bonchev–Trinajstić information content (AvgIpc) is 3.06. The summed E-state index contributed by atoms with van der Waals surface area (Å²) < 4.78 is 32.0. The second-order valence-electron chi connectivity index (χ2n) is 7.46. The number of carbonyl (C=O) groups is 1. The number of amides is 1. The Balaban J connectivity index is 1.61. The minimum absolute atomic E-state index is 0.153. The molecule has 1 amide bonds. The zero-order chi connectivity index (χ0) is 21.0. The fourth-order valence-corrected chi connectivity index (χ4v) is 5.68. The van der Waals surface area contributed by atoms with Crippen molar-refractivity contribution < 1.29 is 17.9 Å². The van der Waals surface area contributed by atoms with Crippen LogP contribution in [0.15, 0.2) is 29.2 Å². The van der Waals surface area contributed by atoms with Crippen LogP contribution >= 0.6 is 11.3 Å². The molecule has 0 radical (unpaired) electrons. The van der Waals surface area contributed by atoms with Crippen LogP contribution in [0.4, 0.5) is 0 Å². The summed E-state index contributed by atoms with van der Waals surface area (Å²) >= 11 is 1.43. The average molecular weight is 438 g/mol. The molecule has 0 saturated carbocycles. The van der Waals surface area contributed by atoms with Gasteiger partial charge in [0.2, 0.25) is 10.0 Å². The Labute approximate surface area is 176 Å². The number of morpholine rings is 1. The first-order valence-corrected chi connectivity index (χ1v) is 11.9. The molecule has 1 aliphatic rings. The fourth-order valence-electron chi connectivity index (χ4n) is 3.08. The molecule has 1 aromatic carbocycles. The number of carbonyl (C=O) groups excluding carboxylic acids is 1. The Morgan fingerprint density at radius 1 is 1.24 bits per heavy atom. The number of aromatic nitrogens is 1. The van der Waals surface area contributed by atoms with Crippen molar-refractivity contribution >= 4 is 27.3 Å². The summed E-state index contributed by atoms with van der Waals surface area (Å²) in [5, 5.41) is 3.87. The summed E-state index contributed by atoms with van der Waals surface area (Å²) in [4.78, 5) is 17.9. The maximum absolute atomic E-state index is 12.7. The number of benzene rings is 1. The number of aryl methyl sites for hydroxylation is 1. The molecule has 1 aliphatic heterocycles. The quantitative estimate of drug-likeness (QED) is 0.719. The zero-order valence-electron chi connectivity index (χ0n) is 17.0. The minimum Gasteiger partial charge on any atom is -0.379 e. The van der Waals surface area contributed by atoms with Crippen LogP contribution in [0.5, 0.6) is 0 Å². The van der Waals surface area contributed by atoms with Gasteiger partial charge in [-0.3, -0.25) is 4.79 Å². The van der Waals surface area contributed by atoms with Crippen LogP contribution in [0.1, 0.15) is 39.8 Å². The van der Waals surface area contributed by atoms with Crippen LogP contribution in [0.25, 0.3) is 0 Å². The zero-order valence-corrected chi connectivity index (χ0v) is 18.6. The van der Waals surface area contributed by atoms with E-state index in [0.717, 1.165) is 22.7 Å². The number of nitrogens with one attached hydrogen (secondary N) is 1. The summed E-state index contributed by atoms with van der Waals surface area (Å²) in [6, 6.07) is 6.64. The van der Waals surface area contributed by atoms with Crippen LogP contribution in [-0.2, 0) is 27.7 Å². The first-order valence-electron chi connectivity index (χ1n) is 9.68. The van der Waals surface area contributed by atoms with E-state index in [1.165, 1.54) is 15.6 Å². The molecule has 1 aromatic heterocycles. The van der Waals surface area contributed by atoms with E-state index in [2.05, 4.69) is 24.1 Å². The lowest BCUT2D eigenvalue weighted by Crippen LogP contribution is -2.40. The Morgan fingerprint density at radius 3 is 2.52 bits per heavy atom. The first kappa shape index (κ1) is 21.9. The van der Waals surface area contributed by atoms with Gasteiger partial charge in [-0.05, 0) is 30.5 Å². The molecular weight excluding hydrogens is 410 g/mol. The van der Waals surface area contributed by atoms with Gasteiger partial charge in [0.25, 0.3) is 5.91 Å². The Morgan fingerprint density at radius 2 is 1.90 bits per heavy atom. The molecule has 158 valence electrons. The number of sulfonamides is 1. The molecule has 1 N–H and O–H groups in total. The van der Waals surface area contributed by atoms with E-state index in [-0.39, 0.29) is 10.8 Å². The van der Waals surface area contributed by atoms with Crippen molar-refractivity contribution in [3.8, 4) is 0 Å². The molecule has 0 bridgehead atoms. The Hall–Kier alpha value is -1.81. The van der Waals surface area contributed by atoms with Crippen molar-refractivity contribution in [2.24, 2.45) is 5.92 Å².